The van der Waals surface area contributed by atoms with Crippen LogP contribution in [0.15, 0.2) is 40.7 Å². The fraction of sp³-hybridized carbons (Fsp3) is 0.353. The fourth-order valence-corrected chi connectivity index (χ4v) is 4.41. The van der Waals surface area contributed by atoms with Crippen molar-refractivity contribution >= 4 is 26.1 Å². The molecule has 25 heavy (non-hydrogen) atoms. The van der Waals surface area contributed by atoms with Gasteiger partial charge in [-0.15, -0.1) is 11.3 Å². The van der Waals surface area contributed by atoms with Crippen molar-refractivity contribution in [3.63, 3.8) is 0 Å². The van der Waals surface area contributed by atoms with Crippen LogP contribution in [0.2, 0.25) is 0 Å². The molecule has 0 spiro atoms. The summed E-state index contributed by atoms with van der Waals surface area (Å²) in [5.41, 5.74) is 2.98. The molecule has 0 aliphatic carbocycles. The highest BCUT2D eigenvalue weighted by atomic mass is 32.2. The van der Waals surface area contributed by atoms with Gasteiger partial charge in [0.25, 0.3) is 0 Å². The van der Waals surface area contributed by atoms with Crippen LogP contribution in [0.1, 0.15) is 5.69 Å². The Morgan fingerprint density at radius 1 is 1.20 bits per heavy atom. The van der Waals surface area contributed by atoms with E-state index in [9.17, 15) is 8.42 Å². The van der Waals surface area contributed by atoms with Crippen molar-refractivity contribution in [3.8, 4) is 11.3 Å². The number of fused-ring (bicyclic) bond motifs is 1. The van der Waals surface area contributed by atoms with Gasteiger partial charge in [-0.25, -0.2) is 13.4 Å². The number of hydrogen-bond donors (Lipinski definition) is 0. The molecule has 132 valence electrons. The molecule has 0 saturated carbocycles. The lowest BCUT2D eigenvalue weighted by molar-refractivity contribution is 0.0336. The van der Waals surface area contributed by atoms with Crippen molar-refractivity contribution in [1.82, 2.24) is 14.3 Å². The maximum atomic E-state index is 11.7. The van der Waals surface area contributed by atoms with Crippen molar-refractivity contribution < 1.29 is 13.2 Å². The third-order valence-electron chi connectivity index (χ3n) is 4.39. The minimum absolute atomic E-state index is 0.326. The first-order valence-corrected chi connectivity index (χ1v) is 10.8. The molecular formula is C17H19N3O3S2. The van der Waals surface area contributed by atoms with Crippen LogP contribution in [0.3, 0.4) is 0 Å². The lowest BCUT2D eigenvalue weighted by Crippen LogP contribution is -2.36. The molecule has 6 nitrogen and oxygen atoms in total. The van der Waals surface area contributed by atoms with Crippen LogP contribution in [0.5, 0.6) is 0 Å². The number of benzene rings is 1. The SMILES string of the molecule is CS(=O)(=O)c1ccc(-c2nc3sccn3c2CN2CCOCC2)cc1. The zero-order chi connectivity index (χ0) is 17.4. The highest BCUT2D eigenvalue weighted by molar-refractivity contribution is 7.90. The maximum Gasteiger partial charge on any atom is 0.194 e. The second-order valence-corrected chi connectivity index (χ2v) is 9.04. The monoisotopic (exact) mass is 377 g/mol. The second-order valence-electron chi connectivity index (χ2n) is 6.15. The molecule has 0 bridgehead atoms. The lowest BCUT2D eigenvalue weighted by Gasteiger charge is -2.26. The topological polar surface area (TPSA) is 63.9 Å². The third-order valence-corrected chi connectivity index (χ3v) is 6.28. The molecule has 1 saturated heterocycles. The Labute approximate surface area is 150 Å². The van der Waals surface area contributed by atoms with Crippen LogP contribution in [-0.2, 0) is 21.1 Å². The van der Waals surface area contributed by atoms with Gasteiger partial charge in [-0.2, -0.15) is 0 Å². The molecule has 3 heterocycles. The van der Waals surface area contributed by atoms with Gasteiger partial charge in [-0.1, -0.05) is 12.1 Å². The number of ether oxygens (including phenoxy) is 1. The number of rotatable bonds is 4. The Balaban J connectivity index is 1.73. The quantitative estimate of drug-likeness (QED) is 0.698. The molecule has 0 unspecified atom stereocenters. The summed E-state index contributed by atoms with van der Waals surface area (Å²) >= 11 is 1.60. The van der Waals surface area contributed by atoms with E-state index in [0.717, 1.165) is 54.8 Å². The fourth-order valence-electron chi connectivity index (χ4n) is 3.05. The molecule has 1 aliphatic rings. The van der Waals surface area contributed by atoms with Gasteiger partial charge in [-0.3, -0.25) is 9.30 Å². The molecule has 0 radical (unpaired) electrons. The van der Waals surface area contributed by atoms with Gasteiger partial charge >= 0.3 is 0 Å². The van der Waals surface area contributed by atoms with Crippen LogP contribution >= 0.6 is 11.3 Å². The van der Waals surface area contributed by atoms with Gasteiger partial charge in [0.15, 0.2) is 14.8 Å². The standard InChI is InChI=1S/C17H19N3O3S2/c1-25(21,22)14-4-2-13(3-5-14)16-15(12-19-6-9-23-10-7-19)20-8-11-24-17(20)18-16/h2-5,8,11H,6-7,9-10,12H2,1H3. The first-order valence-electron chi connectivity index (χ1n) is 8.07. The van der Waals surface area contributed by atoms with Crippen molar-refractivity contribution in [3.05, 3.63) is 41.5 Å². The first kappa shape index (κ1) is 16.7. The normalized spacial score (nSPS) is 16.5. The van der Waals surface area contributed by atoms with Crippen molar-refractivity contribution in [2.45, 2.75) is 11.4 Å². The molecular weight excluding hydrogens is 358 g/mol. The summed E-state index contributed by atoms with van der Waals surface area (Å²) in [6.45, 7) is 4.12. The van der Waals surface area contributed by atoms with E-state index in [-0.39, 0.29) is 0 Å². The van der Waals surface area contributed by atoms with Gasteiger partial charge in [0.2, 0.25) is 0 Å². The third kappa shape index (κ3) is 3.35. The smallest absolute Gasteiger partial charge is 0.194 e. The average Bonchev–Trinajstić information content (AvgIpc) is 3.18. The first-order chi connectivity index (χ1) is 12.0. The Morgan fingerprint density at radius 2 is 1.92 bits per heavy atom. The highest BCUT2D eigenvalue weighted by Gasteiger charge is 2.19. The zero-order valence-electron chi connectivity index (χ0n) is 13.9. The molecule has 1 fully saturated rings. The Morgan fingerprint density at radius 3 is 2.60 bits per heavy atom. The van der Waals surface area contributed by atoms with Crippen molar-refractivity contribution in [2.75, 3.05) is 32.6 Å². The van der Waals surface area contributed by atoms with Gasteiger partial charge < -0.3 is 4.74 Å². The van der Waals surface area contributed by atoms with Gasteiger partial charge in [0.05, 0.1) is 29.5 Å². The van der Waals surface area contributed by atoms with E-state index < -0.39 is 9.84 Å². The summed E-state index contributed by atoms with van der Waals surface area (Å²) in [7, 11) is -3.19. The number of morpholine rings is 1. The summed E-state index contributed by atoms with van der Waals surface area (Å²) in [6.07, 6.45) is 3.26. The highest BCUT2D eigenvalue weighted by Crippen LogP contribution is 2.28. The second kappa shape index (κ2) is 6.53. The van der Waals surface area contributed by atoms with E-state index in [4.69, 9.17) is 9.72 Å². The van der Waals surface area contributed by atoms with Crippen LogP contribution in [0.25, 0.3) is 16.2 Å². The minimum Gasteiger partial charge on any atom is -0.379 e. The summed E-state index contributed by atoms with van der Waals surface area (Å²) in [5.74, 6) is 0. The molecule has 4 rings (SSSR count). The summed E-state index contributed by atoms with van der Waals surface area (Å²) in [5, 5.41) is 2.03. The molecule has 0 N–H and O–H groups in total. The largest absolute Gasteiger partial charge is 0.379 e. The maximum absolute atomic E-state index is 11.7. The predicted molar refractivity (Wildman–Crippen MR) is 97.7 cm³/mol. The van der Waals surface area contributed by atoms with Gasteiger partial charge in [0.1, 0.15) is 0 Å². The Hall–Kier alpha value is -1.74. The predicted octanol–water partition coefficient (Wildman–Crippen LogP) is 2.30. The van der Waals surface area contributed by atoms with Crippen molar-refractivity contribution in [2.24, 2.45) is 0 Å². The van der Waals surface area contributed by atoms with E-state index in [1.165, 1.54) is 6.26 Å². The van der Waals surface area contributed by atoms with Crippen LogP contribution in [0.4, 0.5) is 0 Å². The number of hydrogen-bond acceptors (Lipinski definition) is 6. The van der Waals surface area contributed by atoms with E-state index in [0.29, 0.717) is 4.90 Å². The van der Waals surface area contributed by atoms with Gasteiger partial charge in [-0.05, 0) is 12.1 Å². The Kier molecular flexibility index (Phi) is 4.36. The van der Waals surface area contributed by atoms with Gasteiger partial charge in [0, 0.05) is 43.0 Å². The van der Waals surface area contributed by atoms with E-state index in [1.54, 1.807) is 23.5 Å². The summed E-state index contributed by atoms with van der Waals surface area (Å²) in [4.78, 5) is 8.41. The molecule has 2 aromatic heterocycles. The zero-order valence-corrected chi connectivity index (χ0v) is 15.5. The summed E-state index contributed by atoms with van der Waals surface area (Å²) < 4.78 is 30.9. The lowest BCUT2D eigenvalue weighted by atomic mass is 10.1. The number of imidazole rings is 1. The number of aromatic nitrogens is 2. The van der Waals surface area contributed by atoms with Crippen LogP contribution < -0.4 is 0 Å². The molecule has 0 amide bonds. The average molecular weight is 377 g/mol. The molecule has 1 aromatic carbocycles. The number of sulfone groups is 1. The molecule has 0 atom stereocenters. The van der Waals surface area contributed by atoms with E-state index >= 15 is 0 Å². The minimum atomic E-state index is -3.19. The van der Waals surface area contributed by atoms with E-state index in [1.807, 2.05) is 23.7 Å². The molecule has 1 aliphatic heterocycles. The van der Waals surface area contributed by atoms with E-state index in [2.05, 4.69) is 9.30 Å². The van der Waals surface area contributed by atoms with Crippen LogP contribution in [0, 0.1) is 0 Å². The Bertz CT molecular complexity index is 984. The molecule has 8 heteroatoms. The molecule has 3 aromatic rings. The number of nitrogens with zero attached hydrogens (tertiary/aromatic N) is 3. The number of thiazole rings is 1. The van der Waals surface area contributed by atoms with Crippen molar-refractivity contribution in [1.29, 1.82) is 0 Å². The van der Waals surface area contributed by atoms with Crippen LogP contribution in [-0.4, -0.2) is 55.3 Å². The summed E-state index contributed by atoms with van der Waals surface area (Å²) in [6, 6.07) is 6.98.